The number of nitrogens with zero attached hydrogens (tertiary/aromatic N) is 1. The summed E-state index contributed by atoms with van der Waals surface area (Å²) < 4.78 is 5.81. The first-order chi connectivity index (χ1) is 15.5. The lowest BCUT2D eigenvalue weighted by molar-refractivity contribution is -0.144. The van der Waals surface area contributed by atoms with Gasteiger partial charge in [-0.1, -0.05) is 55.8 Å². The molecule has 4 aliphatic rings. The van der Waals surface area contributed by atoms with Crippen LogP contribution >= 0.6 is 0 Å². The number of carbonyl (C=O) groups excluding carboxylic acids is 1. The highest BCUT2D eigenvalue weighted by atomic mass is 16.6. The summed E-state index contributed by atoms with van der Waals surface area (Å²) in [5.74, 6) is -0.0408. The molecule has 0 spiro atoms. The number of fused-ring (bicyclic) bond motifs is 2. The van der Waals surface area contributed by atoms with Crippen LogP contribution in [0, 0.1) is 23.2 Å². The molecule has 2 saturated heterocycles. The van der Waals surface area contributed by atoms with E-state index in [9.17, 15) is 9.90 Å². The SMILES string of the molecule is C[C@H]1CCC=C2C[C@H]3OC(=O)[C@@H](CNC4CCN(Cc5ccccc5)CC4)[C@H]3[C@@H](O)[C@@]21C. The fraction of sp³-hybridized carbons (Fsp3) is 0.667. The van der Waals surface area contributed by atoms with Crippen LogP contribution in [0.25, 0.3) is 0 Å². The van der Waals surface area contributed by atoms with Crippen LogP contribution in [0.15, 0.2) is 42.0 Å². The molecule has 0 radical (unpaired) electrons. The van der Waals surface area contributed by atoms with Gasteiger partial charge in [0.05, 0.1) is 12.0 Å². The van der Waals surface area contributed by atoms with Crippen LogP contribution in [0.5, 0.6) is 0 Å². The standard InChI is InChI=1S/C27H38N2O3/c1-18-7-6-10-20-15-23-24(25(30)27(18,20)2)22(26(31)32-23)16-28-21-11-13-29(14-12-21)17-19-8-4-3-5-9-19/h3-5,8-10,18,21-25,28,30H,6-7,11-17H2,1-2H3/t18-,22-,23+,24+,25+,27+/m0/s1. The van der Waals surface area contributed by atoms with Crippen molar-refractivity contribution < 1.29 is 14.6 Å². The van der Waals surface area contributed by atoms with E-state index in [0.717, 1.165) is 51.7 Å². The predicted molar refractivity (Wildman–Crippen MR) is 125 cm³/mol. The molecular weight excluding hydrogens is 400 g/mol. The summed E-state index contributed by atoms with van der Waals surface area (Å²) in [5, 5.41) is 15.2. The highest BCUT2D eigenvalue weighted by Gasteiger charge is 2.59. The second kappa shape index (κ2) is 8.92. The van der Waals surface area contributed by atoms with Crippen molar-refractivity contribution in [2.75, 3.05) is 19.6 Å². The monoisotopic (exact) mass is 438 g/mol. The van der Waals surface area contributed by atoms with Crippen LogP contribution in [-0.2, 0) is 16.1 Å². The largest absolute Gasteiger partial charge is 0.461 e. The van der Waals surface area contributed by atoms with Crippen LogP contribution < -0.4 is 5.32 Å². The molecule has 3 fully saturated rings. The number of allylic oxidation sites excluding steroid dienone is 1. The Labute approximate surface area is 192 Å². The van der Waals surface area contributed by atoms with E-state index in [0.29, 0.717) is 18.5 Å². The van der Waals surface area contributed by atoms with Gasteiger partial charge in [-0.15, -0.1) is 0 Å². The molecule has 2 N–H and O–H groups in total. The molecule has 2 heterocycles. The molecule has 2 aliphatic heterocycles. The Kier molecular flexibility index (Phi) is 6.17. The summed E-state index contributed by atoms with van der Waals surface area (Å²) >= 11 is 0. The van der Waals surface area contributed by atoms with E-state index in [1.54, 1.807) is 0 Å². The maximum Gasteiger partial charge on any atom is 0.311 e. The number of ether oxygens (including phenoxy) is 1. The van der Waals surface area contributed by atoms with Crippen molar-refractivity contribution in [2.24, 2.45) is 23.2 Å². The lowest BCUT2D eigenvalue weighted by atomic mass is 9.55. The third-order valence-electron chi connectivity index (χ3n) is 9.03. The second-order valence-electron chi connectivity index (χ2n) is 10.7. The van der Waals surface area contributed by atoms with Crippen molar-refractivity contribution in [3.8, 4) is 0 Å². The average Bonchev–Trinajstić information content (AvgIpc) is 3.11. The van der Waals surface area contributed by atoms with Crippen LogP contribution in [0.1, 0.15) is 51.5 Å². The molecule has 32 heavy (non-hydrogen) atoms. The van der Waals surface area contributed by atoms with Crippen molar-refractivity contribution in [2.45, 2.75) is 70.7 Å². The van der Waals surface area contributed by atoms with Crippen molar-refractivity contribution in [3.63, 3.8) is 0 Å². The van der Waals surface area contributed by atoms with Gasteiger partial charge in [0.15, 0.2) is 0 Å². The number of hydrogen-bond donors (Lipinski definition) is 2. The first-order valence-corrected chi connectivity index (χ1v) is 12.5. The van der Waals surface area contributed by atoms with Crippen LogP contribution in [0.2, 0.25) is 0 Å². The van der Waals surface area contributed by atoms with Gasteiger partial charge in [-0.2, -0.15) is 0 Å². The maximum atomic E-state index is 12.8. The first-order valence-electron chi connectivity index (χ1n) is 12.5. The second-order valence-corrected chi connectivity index (χ2v) is 10.7. The molecule has 5 heteroatoms. The molecule has 0 aromatic heterocycles. The van der Waals surface area contributed by atoms with E-state index in [1.165, 1.54) is 11.1 Å². The molecule has 0 amide bonds. The van der Waals surface area contributed by atoms with Crippen molar-refractivity contribution >= 4 is 5.97 Å². The van der Waals surface area contributed by atoms with E-state index < -0.39 is 6.10 Å². The lowest BCUT2D eigenvalue weighted by Gasteiger charge is -2.51. The van der Waals surface area contributed by atoms with E-state index in [1.807, 2.05) is 0 Å². The van der Waals surface area contributed by atoms with Gasteiger partial charge < -0.3 is 15.2 Å². The minimum Gasteiger partial charge on any atom is -0.461 e. The minimum absolute atomic E-state index is 0.101. The van der Waals surface area contributed by atoms with Gasteiger partial charge in [-0.05, 0) is 50.3 Å². The van der Waals surface area contributed by atoms with E-state index in [-0.39, 0.29) is 29.3 Å². The molecule has 6 atom stereocenters. The van der Waals surface area contributed by atoms with Gasteiger partial charge in [-0.25, -0.2) is 0 Å². The van der Waals surface area contributed by atoms with Crippen molar-refractivity contribution in [1.82, 2.24) is 10.2 Å². The number of hydrogen-bond acceptors (Lipinski definition) is 5. The van der Waals surface area contributed by atoms with Gasteiger partial charge in [0.1, 0.15) is 6.10 Å². The van der Waals surface area contributed by atoms with Crippen LogP contribution in [0.3, 0.4) is 0 Å². The molecule has 5 nitrogen and oxygen atoms in total. The van der Waals surface area contributed by atoms with Crippen molar-refractivity contribution in [3.05, 3.63) is 47.5 Å². The molecule has 0 bridgehead atoms. The van der Waals surface area contributed by atoms with Crippen molar-refractivity contribution in [1.29, 1.82) is 0 Å². The quantitative estimate of drug-likeness (QED) is 0.544. The summed E-state index contributed by atoms with van der Waals surface area (Å²) in [6, 6.07) is 11.1. The Balaban J connectivity index is 1.18. The Morgan fingerprint density at radius 3 is 2.69 bits per heavy atom. The molecule has 2 aliphatic carbocycles. The van der Waals surface area contributed by atoms with Gasteiger partial charge in [0, 0.05) is 36.9 Å². The fourth-order valence-electron chi connectivity index (χ4n) is 6.73. The molecule has 1 aromatic rings. The normalized spacial score (nSPS) is 38.0. The zero-order valence-corrected chi connectivity index (χ0v) is 19.5. The Hall–Kier alpha value is -1.69. The summed E-state index contributed by atoms with van der Waals surface area (Å²) in [4.78, 5) is 15.3. The van der Waals surface area contributed by atoms with Crippen LogP contribution in [0.4, 0.5) is 0 Å². The van der Waals surface area contributed by atoms with E-state index >= 15 is 0 Å². The Bertz CT molecular complexity index is 848. The third-order valence-corrected chi connectivity index (χ3v) is 9.03. The van der Waals surface area contributed by atoms with Gasteiger partial charge in [0.2, 0.25) is 0 Å². The maximum absolute atomic E-state index is 12.8. The highest BCUT2D eigenvalue weighted by molar-refractivity contribution is 5.76. The topological polar surface area (TPSA) is 61.8 Å². The van der Waals surface area contributed by atoms with Gasteiger partial charge in [0.25, 0.3) is 0 Å². The predicted octanol–water partition coefficient (Wildman–Crippen LogP) is 3.53. The Morgan fingerprint density at radius 2 is 1.94 bits per heavy atom. The number of esters is 1. The number of aliphatic hydroxyl groups is 1. The molecule has 1 saturated carbocycles. The van der Waals surface area contributed by atoms with Gasteiger partial charge >= 0.3 is 5.97 Å². The number of aliphatic hydroxyl groups excluding tert-OH is 1. The number of benzene rings is 1. The number of nitrogens with one attached hydrogen (secondary N) is 1. The molecule has 0 unspecified atom stereocenters. The summed E-state index contributed by atoms with van der Waals surface area (Å²) in [6.07, 6.45) is 6.76. The minimum atomic E-state index is -0.520. The smallest absolute Gasteiger partial charge is 0.311 e. The summed E-state index contributed by atoms with van der Waals surface area (Å²) in [6.45, 7) is 8.22. The molecule has 5 rings (SSSR count). The summed E-state index contributed by atoms with van der Waals surface area (Å²) in [5.41, 5.74) is 2.44. The number of rotatable bonds is 5. The zero-order valence-electron chi connectivity index (χ0n) is 19.5. The number of carbonyl (C=O) groups is 1. The Morgan fingerprint density at radius 1 is 1.19 bits per heavy atom. The first kappa shape index (κ1) is 22.1. The lowest BCUT2D eigenvalue weighted by Crippen LogP contribution is -2.55. The fourth-order valence-corrected chi connectivity index (χ4v) is 6.73. The molecule has 1 aromatic carbocycles. The average molecular weight is 439 g/mol. The summed E-state index contributed by atoms with van der Waals surface area (Å²) in [7, 11) is 0. The van der Waals surface area contributed by atoms with E-state index in [2.05, 4.69) is 60.5 Å². The zero-order chi connectivity index (χ0) is 22.3. The number of piperidine rings is 1. The van der Waals surface area contributed by atoms with Gasteiger partial charge in [-0.3, -0.25) is 9.69 Å². The number of likely N-dealkylation sites (tertiary alicyclic amines) is 1. The molecular formula is C27H38N2O3. The third kappa shape index (κ3) is 3.93. The molecule has 174 valence electrons. The van der Waals surface area contributed by atoms with Crippen LogP contribution in [-0.4, -0.2) is 53.9 Å². The highest BCUT2D eigenvalue weighted by Crippen LogP contribution is 2.55. The van der Waals surface area contributed by atoms with E-state index in [4.69, 9.17) is 4.74 Å².